The Labute approximate surface area is 90.7 Å². The van der Waals surface area contributed by atoms with Crippen molar-refractivity contribution in [2.24, 2.45) is 0 Å². The number of nitrogens with two attached hydrogens (primary N) is 1. The quantitative estimate of drug-likeness (QED) is 0.729. The zero-order valence-corrected chi connectivity index (χ0v) is 9.19. The molecule has 84 valence electrons. The standard InChI is InChI=1S/C11H19N3O/c1-2-14(6-3-7-15)9-10-4-5-11(12)13-8-10/h4-5,8,15H,2-3,6-7,9H2,1H3,(H2,12,13). The normalized spacial score (nSPS) is 10.9. The van der Waals surface area contributed by atoms with Crippen molar-refractivity contribution in [3.8, 4) is 0 Å². The van der Waals surface area contributed by atoms with Crippen LogP contribution in [0.2, 0.25) is 0 Å². The maximum absolute atomic E-state index is 8.76. The van der Waals surface area contributed by atoms with Gasteiger partial charge in [-0.25, -0.2) is 4.98 Å². The van der Waals surface area contributed by atoms with Crippen molar-refractivity contribution >= 4 is 5.82 Å². The van der Waals surface area contributed by atoms with Gasteiger partial charge in [0.25, 0.3) is 0 Å². The van der Waals surface area contributed by atoms with Gasteiger partial charge in [-0.2, -0.15) is 0 Å². The van der Waals surface area contributed by atoms with E-state index in [2.05, 4.69) is 16.8 Å². The Bertz CT molecular complexity index is 274. The molecule has 0 unspecified atom stereocenters. The van der Waals surface area contributed by atoms with Gasteiger partial charge in [0.15, 0.2) is 0 Å². The molecule has 0 spiro atoms. The molecule has 0 aliphatic heterocycles. The minimum Gasteiger partial charge on any atom is -0.396 e. The molecule has 1 rings (SSSR count). The zero-order valence-electron chi connectivity index (χ0n) is 9.19. The van der Waals surface area contributed by atoms with E-state index >= 15 is 0 Å². The Morgan fingerprint density at radius 1 is 1.47 bits per heavy atom. The summed E-state index contributed by atoms with van der Waals surface area (Å²) in [7, 11) is 0. The summed E-state index contributed by atoms with van der Waals surface area (Å²) >= 11 is 0. The highest BCUT2D eigenvalue weighted by Gasteiger charge is 2.03. The van der Waals surface area contributed by atoms with Gasteiger partial charge in [0, 0.05) is 25.9 Å². The van der Waals surface area contributed by atoms with Crippen molar-refractivity contribution in [1.82, 2.24) is 9.88 Å². The van der Waals surface area contributed by atoms with Crippen LogP contribution in [0.15, 0.2) is 18.3 Å². The molecule has 1 aromatic rings. The van der Waals surface area contributed by atoms with Crippen LogP contribution < -0.4 is 5.73 Å². The van der Waals surface area contributed by atoms with Gasteiger partial charge in [-0.15, -0.1) is 0 Å². The van der Waals surface area contributed by atoms with Gasteiger partial charge in [-0.1, -0.05) is 13.0 Å². The lowest BCUT2D eigenvalue weighted by Gasteiger charge is -2.19. The van der Waals surface area contributed by atoms with E-state index in [-0.39, 0.29) is 6.61 Å². The predicted molar refractivity (Wildman–Crippen MR) is 61.3 cm³/mol. The van der Waals surface area contributed by atoms with E-state index in [4.69, 9.17) is 10.8 Å². The van der Waals surface area contributed by atoms with Crippen LogP contribution in [0.5, 0.6) is 0 Å². The summed E-state index contributed by atoms with van der Waals surface area (Å²) < 4.78 is 0. The zero-order chi connectivity index (χ0) is 11.1. The maximum atomic E-state index is 8.76. The minimum absolute atomic E-state index is 0.247. The maximum Gasteiger partial charge on any atom is 0.123 e. The highest BCUT2D eigenvalue weighted by molar-refractivity contribution is 5.29. The van der Waals surface area contributed by atoms with Gasteiger partial charge in [0.05, 0.1) is 0 Å². The first-order chi connectivity index (χ1) is 7.26. The second kappa shape index (κ2) is 6.37. The van der Waals surface area contributed by atoms with Gasteiger partial charge < -0.3 is 10.8 Å². The van der Waals surface area contributed by atoms with E-state index in [1.54, 1.807) is 6.20 Å². The Balaban J connectivity index is 2.47. The van der Waals surface area contributed by atoms with Gasteiger partial charge in [0.1, 0.15) is 5.82 Å². The van der Waals surface area contributed by atoms with Gasteiger partial charge in [-0.05, 0) is 24.6 Å². The van der Waals surface area contributed by atoms with Gasteiger partial charge >= 0.3 is 0 Å². The van der Waals surface area contributed by atoms with E-state index < -0.39 is 0 Å². The number of nitrogens with zero attached hydrogens (tertiary/aromatic N) is 2. The van der Waals surface area contributed by atoms with E-state index in [9.17, 15) is 0 Å². The molecule has 0 amide bonds. The summed E-state index contributed by atoms with van der Waals surface area (Å²) in [4.78, 5) is 6.32. The fraction of sp³-hybridized carbons (Fsp3) is 0.545. The number of aliphatic hydroxyl groups excluding tert-OH is 1. The first-order valence-corrected chi connectivity index (χ1v) is 5.30. The minimum atomic E-state index is 0.247. The van der Waals surface area contributed by atoms with E-state index in [0.29, 0.717) is 5.82 Å². The number of pyridine rings is 1. The number of hydrogen-bond donors (Lipinski definition) is 2. The molecule has 1 aromatic heterocycles. The molecule has 4 nitrogen and oxygen atoms in total. The third kappa shape index (κ3) is 4.27. The third-order valence-corrected chi connectivity index (χ3v) is 2.33. The molecule has 4 heteroatoms. The molecule has 0 fully saturated rings. The number of aliphatic hydroxyl groups is 1. The average molecular weight is 209 g/mol. The largest absolute Gasteiger partial charge is 0.396 e. The van der Waals surface area contributed by atoms with Crippen LogP contribution in [0, 0.1) is 0 Å². The summed E-state index contributed by atoms with van der Waals surface area (Å²) in [6, 6.07) is 3.80. The summed E-state index contributed by atoms with van der Waals surface area (Å²) in [6.07, 6.45) is 2.62. The SMILES string of the molecule is CCN(CCCO)Cc1ccc(N)nc1. The molecular weight excluding hydrogens is 190 g/mol. The molecule has 0 radical (unpaired) electrons. The third-order valence-electron chi connectivity index (χ3n) is 2.33. The molecule has 0 saturated carbocycles. The lowest BCUT2D eigenvalue weighted by Crippen LogP contribution is -2.24. The highest BCUT2D eigenvalue weighted by atomic mass is 16.3. The molecule has 0 atom stereocenters. The fourth-order valence-electron chi connectivity index (χ4n) is 1.43. The average Bonchev–Trinajstić information content (AvgIpc) is 2.27. The number of hydrogen-bond acceptors (Lipinski definition) is 4. The molecule has 0 aliphatic carbocycles. The Morgan fingerprint density at radius 2 is 2.27 bits per heavy atom. The topological polar surface area (TPSA) is 62.4 Å². The molecule has 0 aromatic carbocycles. The highest BCUT2D eigenvalue weighted by Crippen LogP contribution is 2.05. The molecule has 0 saturated heterocycles. The first-order valence-electron chi connectivity index (χ1n) is 5.30. The van der Waals surface area contributed by atoms with Crippen molar-refractivity contribution in [2.45, 2.75) is 19.9 Å². The van der Waals surface area contributed by atoms with E-state index in [0.717, 1.165) is 31.6 Å². The lowest BCUT2D eigenvalue weighted by molar-refractivity contribution is 0.225. The summed E-state index contributed by atoms with van der Waals surface area (Å²) in [5.74, 6) is 0.553. The first kappa shape index (κ1) is 11.9. The van der Waals surface area contributed by atoms with Crippen LogP contribution in [0.3, 0.4) is 0 Å². The summed E-state index contributed by atoms with van der Waals surface area (Å²) in [6.45, 7) is 5.12. The molecule has 15 heavy (non-hydrogen) atoms. The van der Waals surface area contributed by atoms with Crippen molar-refractivity contribution < 1.29 is 5.11 Å². The van der Waals surface area contributed by atoms with E-state index in [1.165, 1.54) is 0 Å². The monoisotopic (exact) mass is 209 g/mol. The molecular formula is C11H19N3O. The molecule has 0 bridgehead atoms. The second-order valence-corrected chi connectivity index (χ2v) is 3.54. The van der Waals surface area contributed by atoms with Crippen LogP contribution in [-0.4, -0.2) is 34.7 Å². The number of aromatic nitrogens is 1. The smallest absolute Gasteiger partial charge is 0.123 e. The Morgan fingerprint density at radius 3 is 2.80 bits per heavy atom. The predicted octanol–water partition coefficient (Wildman–Crippen LogP) is 0.868. The van der Waals surface area contributed by atoms with Crippen LogP contribution in [-0.2, 0) is 6.54 Å². The summed E-state index contributed by atoms with van der Waals surface area (Å²) in [5.41, 5.74) is 6.67. The van der Waals surface area contributed by atoms with Crippen LogP contribution in [0.25, 0.3) is 0 Å². The van der Waals surface area contributed by atoms with Crippen LogP contribution in [0.1, 0.15) is 18.9 Å². The van der Waals surface area contributed by atoms with E-state index in [1.807, 2.05) is 12.1 Å². The summed E-state index contributed by atoms with van der Waals surface area (Å²) in [5, 5.41) is 8.76. The van der Waals surface area contributed by atoms with Crippen molar-refractivity contribution in [2.75, 3.05) is 25.4 Å². The lowest BCUT2D eigenvalue weighted by atomic mass is 10.2. The second-order valence-electron chi connectivity index (χ2n) is 3.54. The molecule has 0 aliphatic rings. The number of rotatable bonds is 6. The molecule has 3 N–H and O–H groups in total. The van der Waals surface area contributed by atoms with Gasteiger partial charge in [0.2, 0.25) is 0 Å². The molecule has 1 heterocycles. The van der Waals surface area contributed by atoms with Crippen LogP contribution >= 0.6 is 0 Å². The number of nitrogen functional groups attached to an aromatic ring is 1. The van der Waals surface area contributed by atoms with Crippen molar-refractivity contribution in [1.29, 1.82) is 0 Å². The fourth-order valence-corrected chi connectivity index (χ4v) is 1.43. The van der Waals surface area contributed by atoms with Crippen molar-refractivity contribution in [3.05, 3.63) is 23.9 Å². The Kier molecular flexibility index (Phi) is 5.07. The van der Waals surface area contributed by atoms with Crippen LogP contribution in [0.4, 0.5) is 5.82 Å². The Hall–Kier alpha value is -1.13. The van der Waals surface area contributed by atoms with Crippen molar-refractivity contribution in [3.63, 3.8) is 0 Å². The number of anilines is 1. The van der Waals surface area contributed by atoms with Gasteiger partial charge in [-0.3, -0.25) is 4.90 Å².